The van der Waals surface area contributed by atoms with Crippen molar-refractivity contribution in [2.24, 2.45) is 5.16 Å². The van der Waals surface area contributed by atoms with Crippen molar-refractivity contribution in [1.82, 2.24) is 4.98 Å². The molecule has 4 aromatic rings. The monoisotopic (exact) mass is 450 g/mol. The lowest BCUT2D eigenvalue weighted by Crippen LogP contribution is -2.12. The highest BCUT2D eigenvalue weighted by molar-refractivity contribution is 6.01. The highest BCUT2D eigenvalue weighted by Gasteiger charge is 2.20. The fourth-order valence-electron chi connectivity index (χ4n) is 4.23. The lowest BCUT2D eigenvalue weighted by Gasteiger charge is -2.21. The number of aromatic nitrogens is 1. The Morgan fingerprint density at radius 1 is 0.882 bits per heavy atom. The number of aryl methyl sites for hydroxylation is 2. The third kappa shape index (κ3) is 5.04. The lowest BCUT2D eigenvalue weighted by molar-refractivity contribution is 0.0697. The summed E-state index contributed by atoms with van der Waals surface area (Å²) in [7, 11) is 0. The maximum atomic E-state index is 11.1. The van der Waals surface area contributed by atoms with Gasteiger partial charge in [-0.3, -0.25) is 4.98 Å². The van der Waals surface area contributed by atoms with Gasteiger partial charge in [-0.05, 0) is 65.9 Å². The molecule has 0 fully saturated rings. The van der Waals surface area contributed by atoms with Gasteiger partial charge in [0.25, 0.3) is 0 Å². The lowest BCUT2D eigenvalue weighted by atomic mass is 9.83. The van der Waals surface area contributed by atoms with E-state index in [1.54, 1.807) is 18.3 Å². The zero-order valence-electron chi connectivity index (χ0n) is 19.1. The third-order valence-electron chi connectivity index (χ3n) is 6.09. The second-order valence-electron chi connectivity index (χ2n) is 8.35. The first-order valence-electron chi connectivity index (χ1n) is 11.1. The van der Waals surface area contributed by atoms with Crippen LogP contribution in [0.1, 0.15) is 50.6 Å². The number of rotatable bonds is 7. The number of carboxylic acid groups (broad SMARTS) is 1. The van der Waals surface area contributed by atoms with E-state index in [4.69, 9.17) is 5.11 Å². The molecule has 4 rings (SSSR count). The molecule has 2 N–H and O–H groups in total. The first-order valence-corrected chi connectivity index (χ1v) is 11.1. The summed E-state index contributed by atoms with van der Waals surface area (Å²) in [6.07, 6.45) is 2.25. The molecule has 0 aliphatic rings. The molecule has 0 aliphatic heterocycles. The molecule has 3 aromatic carbocycles. The summed E-state index contributed by atoms with van der Waals surface area (Å²) < 4.78 is 0. The summed E-state index contributed by atoms with van der Waals surface area (Å²) in [5.41, 5.74) is 7.99. The zero-order valence-corrected chi connectivity index (χ0v) is 19.1. The van der Waals surface area contributed by atoms with Crippen molar-refractivity contribution in [2.45, 2.75) is 26.2 Å². The molecule has 0 saturated heterocycles. The van der Waals surface area contributed by atoms with Crippen molar-refractivity contribution in [1.29, 1.82) is 0 Å². The number of nitrogens with zero attached hydrogens (tertiary/aromatic N) is 2. The normalized spacial score (nSPS) is 12.4. The molecule has 0 spiro atoms. The minimum absolute atomic E-state index is 0.0102. The number of benzene rings is 3. The standard InChI is InChI=1S/C29H26N2O3/c1-19-5-3-4-6-26(19)27(18-28(31-34)25-15-16-30-20(2)17-25)23-11-7-21(8-12-23)22-9-13-24(14-10-22)29(32)33/h3-17,27,34H,18H2,1-2H3,(H,32,33)/b31-28+. The summed E-state index contributed by atoms with van der Waals surface area (Å²) >= 11 is 0. The van der Waals surface area contributed by atoms with Crippen molar-refractivity contribution >= 4 is 11.7 Å². The number of pyridine rings is 1. The Morgan fingerprint density at radius 2 is 1.53 bits per heavy atom. The number of oxime groups is 1. The van der Waals surface area contributed by atoms with Gasteiger partial charge in [0.05, 0.1) is 11.3 Å². The van der Waals surface area contributed by atoms with Gasteiger partial charge in [0, 0.05) is 29.8 Å². The second-order valence-corrected chi connectivity index (χ2v) is 8.35. The SMILES string of the molecule is Cc1cc(/C(CC(c2ccc(-c3ccc(C(=O)O)cc3)cc2)c2ccccc2C)=N/O)ccn1. The van der Waals surface area contributed by atoms with Crippen LogP contribution in [0.2, 0.25) is 0 Å². The smallest absolute Gasteiger partial charge is 0.335 e. The van der Waals surface area contributed by atoms with E-state index in [0.717, 1.165) is 27.9 Å². The first-order chi connectivity index (χ1) is 16.5. The van der Waals surface area contributed by atoms with Crippen molar-refractivity contribution in [3.05, 3.63) is 125 Å². The Kier molecular flexibility index (Phi) is 6.83. The van der Waals surface area contributed by atoms with Crippen LogP contribution in [-0.2, 0) is 0 Å². The van der Waals surface area contributed by atoms with Crippen LogP contribution in [0.4, 0.5) is 0 Å². The van der Waals surface area contributed by atoms with E-state index in [2.05, 4.69) is 41.3 Å². The van der Waals surface area contributed by atoms with Crippen molar-refractivity contribution < 1.29 is 15.1 Å². The fourth-order valence-corrected chi connectivity index (χ4v) is 4.23. The number of hydrogen-bond donors (Lipinski definition) is 2. The maximum absolute atomic E-state index is 11.1. The molecular formula is C29H26N2O3. The van der Waals surface area contributed by atoms with Crippen LogP contribution in [0.15, 0.2) is 96.3 Å². The Bertz CT molecular complexity index is 1330. The highest BCUT2D eigenvalue weighted by Crippen LogP contribution is 2.33. The van der Waals surface area contributed by atoms with Crippen molar-refractivity contribution in [3.8, 4) is 11.1 Å². The van der Waals surface area contributed by atoms with Gasteiger partial charge in [0.1, 0.15) is 0 Å². The number of hydrogen-bond acceptors (Lipinski definition) is 4. The predicted octanol–water partition coefficient (Wildman–Crippen LogP) is 6.46. The van der Waals surface area contributed by atoms with Crippen LogP contribution in [0.25, 0.3) is 11.1 Å². The molecule has 170 valence electrons. The molecule has 1 unspecified atom stereocenters. The molecule has 34 heavy (non-hydrogen) atoms. The van der Waals surface area contributed by atoms with E-state index < -0.39 is 5.97 Å². The molecule has 1 atom stereocenters. The van der Waals surface area contributed by atoms with E-state index >= 15 is 0 Å². The number of aromatic carboxylic acids is 1. The minimum Gasteiger partial charge on any atom is -0.478 e. The molecule has 0 aliphatic carbocycles. The molecule has 1 aromatic heterocycles. The first kappa shape index (κ1) is 22.9. The summed E-state index contributed by atoms with van der Waals surface area (Å²) in [6.45, 7) is 4.01. The quantitative estimate of drug-likeness (QED) is 0.192. The molecular weight excluding hydrogens is 424 g/mol. The van der Waals surface area contributed by atoms with E-state index in [9.17, 15) is 10.0 Å². The summed E-state index contributed by atoms with van der Waals surface area (Å²) in [5, 5.41) is 22.6. The van der Waals surface area contributed by atoms with Crippen molar-refractivity contribution in [3.63, 3.8) is 0 Å². The molecule has 0 saturated carbocycles. The Morgan fingerprint density at radius 3 is 2.12 bits per heavy atom. The molecule has 0 amide bonds. The van der Waals surface area contributed by atoms with Crippen LogP contribution >= 0.6 is 0 Å². The van der Waals surface area contributed by atoms with Gasteiger partial charge in [-0.25, -0.2) is 4.79 Å². The largest absolute Gasteiger partial charge is 0.478 e. The second kappa shape index (κ2) is 10.1. The minimum atomic E-state index is -0.936. The van der Waals surface area contributed by atoms with Crippen LogP contribution < -0.4 is 0 Å². The van der Waals surface area contributed by atoms with Gasteiger partial charge in [-0.15, -0.1) is 0 Å². The Hall–Kier alpha value is -4.25. The maximum Gasteiger partial charge on any atom is 0.335 e. The molecule has 5 heteroatoms. The van der Waals surface area contributed by atoms with Crippen LogP contribution in [0, 0.1) is 13.8 Å². The van der Waals surface area contributed by atoms with Gasteiger partial charge in [0.2, 0.25) is 0 Å². The third-order valence-corrected chi connectivity index (χ3v) is 6.09. The van der Waals surface area contributed by atoms with E-state index in [0.29, 0.717) is 12.1 Å². The molecule has 1 heterocycles. The Balaban J connectivity index is 1.69. The van der Waals surface area contributed by atoms with Gasteiger partial charge in [-0.1, -0.05) is 65.8 Å². The van der Waals surface area contributed by atoms with Crippen LogP contribution in [0.3, 0.4) is 0 Å². The van der Waals surface area contributed by atoms with E-state index in [1.807, 2.05) is 55.5 Å². The molecule has 0 bridgehead atoms. The molecule has 0 radical (unpaired) electrons. The number of carboxylic acids is 1. The van der Waals surface area contributed by atoms with E-state index in [-0.39, 0.29) is 11.5 Å². The van der Waals surface area contributed by atoms with Gasteiger partial charge in [0.15, 0.2) is 0 Å². The van der Waals surface area contributed by atoms with Crippen molar-refractivity contribution in [2.75, 3.05) is 0 Å². The molecule has 5 nitrogen and oxygen atoms in total. The number of carbonyl (C=O) groups is 1. The van der Waals surface area contributed by atoms with E-state index in [1.165, 1.54) is 11.1 Å². The van der Waals surface area contributed by atoms with Crippen LogP contribution in [0.5, 0.6) is 0 Å². The Labute approximate surface area is 199 Å². The summed E-state index contributed by atoms with van der Waals surface area (Å²) in [4.78, 5) is 15.4. The predicted molar refractivity (Wildman–Crippen MR) is 134 cm³/mol. The summed E-state index contributed by atoms with van der Waals surface area (Å²) in [5.74, 6) is -0.947. The van der Waals surface area contributed by atoms with Crippen LogP contribution in [-0.4, -0.2) is 27.0 Å². The average Bonchev–Trinajstić information content (AvgIpc) is 2.86. The van der Waals surface area contributed by atoms with Gasteiger partial charge < -0.3 is 10.3 Å². The summed E-state index contributed by atoms with van der Waals surface area (Å²) in [6, 6.07) is 27.2. The van der Waals surface area contributed by atoms with Gasteiger partial charge >= 0.3 is 5.97 Å². The topological polar surface area (TPSA) is 82.8 Å². The zero-order chi connectivity index (χ0) is 24.1. The fraction of sp³-hybridized carbons (Fsp3) is 0.138. The van der Waals surface area contributed by atoms with Gasteiger partial charge in [-0.2, -0.15) is 0 Å². The average molecular weight is 451 g/mol. The highest BCUT2D eigenvalue weighted by atomic mass is 16.4.